The van der Waals surface area contributed by atoms with Gasteiger partial charge in [0.25, 0.3) is 0 Å². The van der Waals surface area contributed by atoms with Crippen molar-refractivity contribution in [3.8, 4) is 5.75 Å². The fraction of sp³-hybridized carbons (Fsp3) is 0.308. The standard InChI is InChI=1S/C13H16FNO3/c1-3-18-13(16)12(15)11(8-14)9-5-4-6-10(7-9)17-2/h4-8,12H,3,15H2,1-2H3/b11-8-. The molecule has 98 valence electrons. The highest BCUT2D eigenvalue weighted by Crippen LogP contribution is 2.22. The van der Waals surface area contributed by atoms with E-state index in [1.807, 2.05) is 0 Å². The number of esters is 1. The van der Waals surface area contributed by atoms with Crippen molar-refractivity contribution in [2.24, 2.45) is 5.73 Å². The number of ether oxygens (including phenoxy) is 2. The number of carbonyl (C=O) groups is 1. The lowest BCUT2D eigenvalue weighted by Gasteiger charge is -2.14. The molecule has 0 aliphatic rings. The van der Waals surface area contributed by atoms with Gasteiger partial charge in [-0.15, -0.1) is 0 Å². The second-order valence-electron chi connectivity index (χ2n) is 3.53. The minimum atomic E-state index is -1.15. The Hall–Kier alpha value is -1.88. The minimum Gasteiger partial charge on any atom is -0.497 e. The Bertz CT molecular complexity index is 446. The Morgan fingerprint density at radius 1 is 1.56 bits per heavy atom. The lowest BCUT2D eigenvalue weighted by molar-refractivity contribution is -0.143. The van der Waals surface area contributed by atoms with Crippen LogP contribution in [-0.2, 0) is 9.53 Å². The van der Waals surface area contributed by atoms with Crippen LogP contribution in [0, 0.1) is 0 Å². The molecule has 0 aromatic heterocycles. The predicted octanol–water partition coefficient (Wildman–Crippen LogP) is 1.90. The summed E-state index contributed by atoms with van der Waals surface area (Å²) in [4.78, 5) is 11.5. The zero-order chi connectivity index (χ0) is 13.5. The van der Waals surface area contributed by atoms with Gasteiger partial charge in [0.15, 0.2) is 0 Å². The molecule has 1 aromatic carbocycles. The summed E-state index contributed by atoms with van der Waals surface area (Å²) in [6.07, 6.45) is 0.316. The topological polar surface area (TPSA) is 61.5 Å². The fourth-order valence-electron chi connectivity index (χ4n) is 1.47. The third-order valence-corrected chi connectivity index (χ3v) is 2.40. The third kappa shape index (κ3) is 3.30. The van der Waals surface area contributed by atoms with Crippen molar-refractivity contribution in [1.82, 2.24) is 0 Å². The van der Waals surface area contributed by atoms with Gasteiger partial charge in [-0.25, -0.2) is 9.18 Å². The molecule has 0 heterocycles. The van der Waals surface area contributed by atoms with Gasteiger partial charge in [-0.05, 0) is 24.6 Å². The molecule has 4 nitrogen and oxygen atoms in total. The van der Waals surface area contributed by atoms with Crippen LogP contribution in [0.15, 0.2) is 30.6 Å². The first kappa shape index (κ1) is 14.2. The fourth-order valence-corrected chi connectivity index (χ4v) is 1.47. The summed E-state index contributed by atoms with van der Waals surface area (Å²) < 4.78 is 22.7. The molecule has 0 amide bonds. The molecule has 0 spiro atoms. The molecule has 2 N–H and O–H groups in total. The van der Waals surface area contributed by atoms with Gasteiger partial charge in [-0.2, -0.15) is 0 Å². The molecule has 0 saturated carbocycles. The first-order valence-corrected chi connectivity index (χ1v) is 5.51. The average Bonchev–Trinajstić information content (AvgIpc) is 2.40. The number of rotatable bonds is 5. The third-order valence-electron chi connectivity index (χ3n) is 2.40. The minimum absolute atomic E-state index is 0.0624. The maximum Gasteiger partial charge on any atom is 0.327 e. The second-order valence-corrected chi connectivity index (χ2v) is 3.53. The van der Waals surface area contributed by atoms with Crippen LogP contribution in [0.1, 0.15) is 12.5 Å². The molecule has 0 aliphatic carbocycles. The van der Waals surface area contributed by atoms with Crippen LogP contribution >= 0.6 is 0 Å². The van der Waals surface area contributed by atoms with E-state index in [0.29, 0.717) is 17.6 Å². The Labute approximate surface area is 105 Å². The molecule has 0 radical (unpaired) electrons. The van der Waals surface area contributed by atoms with E-state index in [4.69, 9.17) is 15.2 Å². The summed E-state index contributed by atoms with van der Waals surface area (Å²) in [5.74, 6) is -0.105. The molecule has 1 rings (SSSR count). The van der Waals surface area contributed by atoms with Crippen LogP contribution in [-0.4, -0.2) is 25.7 Å². The summed E-state index contributed by atoms with van der Waals surface area (Å²) in [6.45, 7) is 1.86. The molecular weight excluding hydrogens is 237 g/mol. The van der Waals surface area contributed by atoms with E-state index in [0.717, 1.165) is 0 Å². The molecule has 0 fully saturated rings. The average molecular weight is 253 g/mol. The van der Waals surface area contributed by atoms with E-state index in [1.54, 1.807) is 31.2 Å². The maximum atomic E-state index is 12.9. The van der Waals surface area contributed by atoms with Crippen molar-refractivity contribution in [2.75, 3.05) is 13.7 Å². The van der Waals surface area contributed by atoms with E-state index in [1.165, 1.54) is 7.11 Å². The summed E-state index contributed by atoms with van der Waals surface area (Å²) in [5.41, 5.74) is 6.20. The molecule has 1 aromatic rings. The summed E-state index contributed by atoms with van der Waals surface area (Å²) in [6, 6.07) is 5.50. The van der Waals surface area contributed by atoms with Gasteiger partial charge in [0.2, 0.25) is 0 Å². The van der Waals surface area contributed by atoms with Crippen molar-refractivity contribution >= 4 is 11.5 Å². The molecule has 1 unspecified atom stereocenters. The lowest BCUT2D eigenvalue weighted by Crippen LogP contribution is -2.33. The Morgan fingerprint density at radius 3 is 2.83 bits per heavy atom. The molecular formula is C13H16FNO3. The van der Waals surface area contributed by atoms with Gasteiger partial charge in [0.1, 0.15) is 11.8 Å². The predicted molar refractivity (Wildman–Crippen MR) is 66.7 cm³/mol. The van der Waals surface area contributed by atoms with Crippen LogP contribution < -0.4 is 10.5 Å². The molecule has 1 atom stereocenters. The number of carbonyl (C=O) groups excluding carboxylic acids is 1. The Balaban J connectivity index is 2.99. The van der Waals surface area contributed by atoms with E-state index in [-0.39, 0.29) is 12.2 Å². The number of hydrogen-bond donors (Lipinski definition) is 1. The van der Waals surface area contributed by atoms with E-state index in [2.05, 4.69) is 0 Å². The van der Waals surface area contributed by atoms with Crippen molar-refractivity contribution in [3.63, 3.8) is 0 Å². The van der Waals surface area contributed by atoms with Crippen LogP contribution in [0.25, 0.3) is 5.57 Å². The van der Waals surface area contributed by atoms with Crippen molar-refractivity contribution in [1.29, 1.82) is 0 Å². The normalized spacial score (nSPS) is 13.0. The summed E-state index contributed by atoms with van der Waals surface area (Å²) in [7, 11) is 1.50. The highest BCUT2D eigenvalue weighted by atomic mass is 19.1. The lowest BCUT2D eigenvalue weighted by atomic mass is 10.0. The second kappa shape index (κ2) is 6.76. The molecule has 0 aliphatic heterocycles. The van der Waals surface area contributed by atoms with Gasteiger partial charge in [-0.3, -0.25) is 0 Å². The highest BCUT2D eigenvalue weighted by molar-refractivity contribution is 5.92. The first-order chi connectivity index (χ1) is 8.63. The van der Waals surface area contributed by atoms with E-state index >= 15 is 0 Å². The van der Waals surface area contributed by atoms with Gasteiger partial charge >= 0.3 is 5.97 Å². The number of benzene rings is 1. The van der Waals surface area contributed by atoms with E-state index < -0.39 is 12.0 Å². The van der Waals surface area contributed by atoms with Crippen molar-refractivity contribution in [3.05, 3.63) is 36.2 Å². The number of halogens is 1. The van der Waals surface area contributed by atoms with Crippen molar-refractivity contribution < 1.29 is 18.7 Å². The van der Waals surface area contributed by atoms with Gasteiger partial charge in [-0.1, -0.05) is 12.1 Å². The smallest absolute Gasteiger partial charge is 0.327 e. The van der Waals surface area contributed by atoms with Crippen LogP contribution in [0.4, 0.5) is 4.39 Å². The van der Waals surface area contributed by atoms with Crippen LogP contribution in [0.5, 0.6) is 5.75 Å². The summed E-state index contributed by atoms with van der Waals surface area (Å²) in [5, 5.41) is 0. The zero-order valence-corrected chi connectivity index (χ0v) is 10.4. The van der Waals surface area contributed by atoms with Crippen LogP contribution in [0.3, 0.4) is 0 Å². The zero-order valence-electron chi connectivity index (χ0n) is 10.4. The first-order valence-electron chi connectivity index (χ1n) is 5.51. The van der Waals surface area contributed by atoms with E-state index in [9.17, 15) is 9.18 Å². The SMILES string of the molecule is CCOC(=O)C(N)/C(=C\F)c1cccc(OC)c1. The Kier molecular flexibility index (Phi) is 5.32. The quantitative estimate of drug-likeness (QED) is 0.814. The number of hydrogen-bond acceptors (Lipinski definition) is 4. The highest BCUT2D eigenvalue weighted by Gasteiger charge is 2.21. The van der Waals surface area contributed by atoms with Gasteiger partial charge < -0.3 is 15.2 Å². The Morgan fingerprint density at radius 2 is 2.28 bits per heavy atom. The molecule has 5 heteroatoms. The molecule has 0 saturated heterocycles. The largest absolute Gasteiger partial charge is 0.497 e. The summed E-state index contributed by atoms with van der Waals surface area (Å²) >= 11 is 0. The number of methoxy groups -OCH3 is 1. The van der Waals surface area contributed by atoms with Crippen LogP contribution in [0.2, 0.25) is 0 Å². The van der Waals surface area contributed by atoms with Gasteiger partial charge in [0.05, 0.1) is 20.0 Å². The maximum absolute atomic E-state index is 12.9. The molecule has 18 heavy (non-hydrogen) atoms. The monoisotopic (exact) mass is 253 g/mol. The molecule has 0 bridgehead atoms. The van der Waals surface area contributed by atoms with Gasteiger partial charge in [0, 0.05) is 5.57 Å². The number of nitrogens with two attached hydrogens (primary N) is 1. The van der Waals surface area contributed by atoms with Crippen molar-refractivity contribution in [2.45, 2.75) is 13.0 Å².